The van der Waals surface area contributed by atoms with E-state index >= 15 is 0 Å². The lowest BCUT2D eigenvalue weighted by atomic mass is 10.1. The highest BCUT2D eigenvalue weighted by Crippen LogP contribution is 2.26. The number of carbonyl (C=O) groups is 1. The van der Waals surface area contributed by atoms with E-state index in [9.17, 15) is 4.79 Å². The quantitative estimate of drug-likeness (QED) is 0.731. The van der Waals surface area contributed by atoms with Crippen LogP contribution in [0.1, 0.15) is 26.7 Å². The van der Waals surface area contributed by atoms with Gasteiger partial charge in [-0.3, -0.25) is 4.79 Å². The number of oxazole rings is 1. The number of para-hydroxylation sites is 2. The molecule has 0 aliphatic rings. The van der Waals surface area contributed by atoms with E-state index in [2.05, 4.69) is 17.2 Å². The molecule has 0 spiro atoms. The van der Waals surface area contributed by atoms with Crippen molar-refractivity contribution in [1.29, 1.82) is 0 Å². The van der Waals surface area contributed by atoms with E-state index in [1.165, 1.54) is 0 Å². The number of aromatic nitrogens is 1. The molecule has 0 saturated carbocycles. The summed E-state index contributed by atoms with van der Waals surface area (Å²) >= 11 is 0. The first-order chi connectivity index (χ1) is 11.2. The number of fused-ring (bicyclic) bond motifs is 1. The Morgan fingerprint density at radius 2 is 2.04 bits per heavy atom. The van der Waals surface area contributed by atoms with Gasteiger partial charge in [-0.15, -0.1) is 0 Å². The summed E-state index contributed by atoms with van der Waals surface area (Å²) in [6, 6.07) is 15.2. The van der Waals surface area contributed by atoms with E-state index < -0.39 is 0 Å². The van der Waals surface area contributed by atoms with Gasteiger partial charge in [-0.2, -0.15) is 0 Å². The molecule has 4 heteroatoms. The van der Waals surface area contributed by atoms with Crippen LogP contribution < -0.4 is 5.32 Å². The Morgan fingerprint density at radius 3 is 2.83 bits per heavy atom. The van der Waals surface area contributed by atoms with Crippen LogP contribution in [-0.4, -0.2) is 10.9 Å². The summed E-state index contributed by atoms with van der Waals surface area (Å²) in [4.78, 5) is 16.6. The SMILES string of the molecule is CCC[C@H](C)C(=O)Nc1cccc(-c2nc3ccccc3o2)c1. The Kier molecular flexibility index (Phi) is 4.42. The van der Waals surface area contributed by atoms with Crippen molar-refractivity contribution in [2.24, 2.45) is 5.92 Å². The molecule has 1 N–H and O–H groups in total. The maximum absolute atomic E-state index is 12.1. The second-order valence-electron chi connectivity index (χ2n) is 5.75. The molecule has 118 valence electrons. The smallest absolute Gasteiger partial charge is 0.227 e. The van der Waals surface area contributed by atoms with E-state index in [-0.39, 0.29) is 11.8 Å². The monoisotopic (exact) mass is 308 g/mol. The number of amides is 1. The fourth-order valence-electron chi connectivity index (χ4n) is 2.56. The van der Waals surface area contributed by atoms with Gasteiger partial charge in [-0.1, -0.05) is 38.5 Å². The molecule has 3 aromatic rings. The molecule has 1 heterocycles. The standard InChI is InChI=1S/C19H20N2O2/c1-3-7-13(2)18(22)20-15-9-6-8-14(12-15)19-21-16-10-4-5-11-17(16)23-19/h4-6,8-13H,3,7H2,1-2H3,(H,20,22)/t13-/m0/s1. The molecule has 0 saturated heterocycles. The third kappa shape index (κ3) is 3.42. The summed E-state index contributed by atoms with van der Waals surface area (Å²) in [6.45, 7) is 4.03. The normalized spacial score (nSPS) is 12.3. The number of rotatable bonds is 5. The zero-order chi connectivity index (χ0) is 16.2. The summed E-state index contributed by atoms with van der Waals surface area (Å²) in [6.07, 6.45) is 1.88. The van der Waals surface area contributed by atoms with Crippen LogP contribution >= 0.6 is 0 Å². The van der Waals surface area contributed by atoms with Gasteiger partial charge in [0.2, 0.25) is 11.8 Å². The second kappa shape index (κ2) is 6.65. The van der Waals surface area contributed by atoms with Gasteiger partial charge in [0.1, 0.15) is 5.52 Å². The molecule has 0 bridgehead atoms. The predicted octanol–water partition coefficient (Wildman–Crippen LogP) is 4.87. The maximum atomic E-state index is 12.1. The lowest BCUT2D eigenvalue weighted by Gasteiger charge is -2.11. The predicted molar refractivity (Wildman–Crippen MR) is 92.1 cm³/mol. The van der Waals surface area contributed by atoms with Gasteiger partial charge in [0.25, 0.3) is 0 Å². The van der Waals surface area contributed by atoms with Gasteiger partial charge in [-0.25, -0.2) is 4.98 Å². The summed E-state index contributed by atoms with van der Waals surface area (Å²) in [5, 5.41) is 2.96. The lowest BCUT2D eigenvalue weighted by Crippen LogP contribution is -2.20. The minimum absolute atomic E-state index is 0.00739. The van der Waals surface area contributed by atoms with Crippen LogP contribution in [0.3, 0.4) is 0 Å². The van der Waals surface area contributed by atoms with Crippen LogP contribution in [0, 0.1) is 5.92 Å². The van der Waals surface area contributed by atoms with Crippen LogP contribution in [0.25, 0.3) is 22.6 Å². The molecule has 0 radical (unpaired) electrons. The average Bonchev–Trinajstić information content (AvgIpc) is 2.99. The summed E-state index contributed by atoms with van der Waals surface area (Å²) in [5.41, 5.74) is 3.20. The minimum atomic E-state index is 0.00739. The van der Waals surface area contributed by atoms with Gasteiger partial charge >= 0.3 is 0 Å². The Hall–Kier alpha value is -2.62. The zero-order valence-corrected chi connectivity index (χ0v) is 13.4. The summed E-state index contributed by atoms with van der Waals surface area (Å²) in [7, 11) is 0. The number of nitrogens with zero attached hydrogens (tertiary/aromatic N) is 1. The van der Waals surface area contributed by atoms with Crippen molar-refractivity contribution in [2.75, 3.05) is 5.32 Å². The number of hydrogen-bond acceptors (Lipinski definition) is 3. The highest BCUT2D eigenvalue weighted by Gasteiger charge is 2.13. The molecule has 1 atom stereocenters. The van der Waals surface area contributed by atoms with Crippen molar-refractivity contribution < 1.29 is 9.21 Å². The summed E-state index contributed by atoms with van der Waals surface area (Å²) < 4.78 is 5.78. The Labute approximate surface area is 135 Å². The maximum Gasteiger partial charge on any atom is 0.227 e. The molecule has 3 rings (SSSR count). The molecule has 0 unspecified atom stereocenters. The number of carbonyl (C=O) groups excluding carboxylic acids is 1. The van der Waals surface area contributed by atoms with Crippen molar-refractivity contribution in [2.45, 2.75) is 26.7 Å². The van der Waals surface area contributed by atoms with Crippen molar-refractivity contribution in [3.8, 4) is 11.5 Å². The average molecular weight is 308 g/mol. The highest BCUT2D eigenvalue weighted by molar-refractivity contribution is 5.92. The van der Waals surface area contributed by atoms with Crippen LogP contribution in [0.2, 0.25) is 0 Å². The number of hydrogen-bond donors (Lipinski definition) is 1. The van der Waals surface area contributed by atoms with Crippen LogP contribution in [0.5, 0.6) is 0 Å². The third-order valence-electron chi connectivity index (χ3n) is 3.84. The topological polar surface area (TPSA) is 55.1 Å². The van der Waals surface area contributed by atoms with E-state index in [4.69, 9.17) is 4.42 Å². The molecule has 0 aliphatic carbocycles. The molecule has 1 amide bonds. The first-order valence-electron chi connectivity index (χ1n) is 7.94. The molecule has 4 nitrogen and oxygen atoms in total. The van der Waals surface area contributed by atoms with Gasteiger partial charge in [-0.05, 0) is 36.8 Å². The van der Waals surface area contributed by atoms with E-state index in [1.54, 1.807) is 0 Å². The molecule has 1 aromatic heterocycles. The largest absolute Gasteiger partial charge is 0.436 e. The summed E-state index contributed by atoms with van der Waals surface area (Å²) in [5.74, 6) is 0.610. The Morgan fingerprint density at radius 1 is 1.22 bits per heavy atom. The number of nitrogens with one attached hydrogen (secondary N) is 1. The van der Waals surface area contributed by atoms with E-state index in [0.717, 1.165) is 35.2 Å². The van der Waals surface area contributed by atoms with Crippen molar-refractivity contribution in [3.63, 3.8) is 0 Å². The second-order valence-corrected chi connectivity index (χ2v) is 5.75. The lowest BCUT2D eigenvalue weighted by molar-refractivity contribution is -0.119. The van der Waals surface area contributed by atoms with E-state index in [0.29, 0.717) is 5.89 Å². The number of anilines is 1. The third-order valence-corrected chi connectivity index (χ3v) is 3.84. The van der Waals surface area contributed by atoms with Gasteiger partial charge in [0.15, 0.2) is 5.58 Å². The zero-order valence-electron chi connectivity index (χ0n) is 13.4. The molecule has 2 aromatic carbocycles. The van der Waals surface area contributed by atoms with Crippen molar-refractivity contribution in [3.05, 3.63) is 48.5 Å². The molecule has 0 aliphatic heterocycles. The Bertz CT molecular complexity index is 790. The van der Waals surface area contributed by atoms with Crippen molar-refractivity contribution in [1.82, 2.24) is 4.98 Å². The van der Waals surface area contributed by atoms with Gasteiger partial charge in [0.05, 0.1) is 0 Å². The van der Waals surface area contributed by atoms with Crippen LogP contribution in [-0.2, 0) is 4.79 Å². The minimum Gasteiger partial charge on any atom is -0.436 e. The van der Waals surface area contributed by atoms with Crippen LogP contribution in [0.15, 0.2) is 52.9 Å². The molecular formula is C19H20N2O2. The van der Waals surface area contributed by atoms with E-state index in [1.807, 2.05) is 55.5 Å². The first kappa shape index (κ1) is 15.3. The van der Waals surface area contributed by atoms with Crippen molar-refractivity contribution >= 4 is 22.7 Å². The fraction of sp³-hybridized carbons (Fsp3) is 0.263. The molecular weight excluding hydrogens is 288 g/mol. The number of benzene rings is 2. The van der Waals surface area contributed by atoms with Gasteiger partial charge in [0, 0.05) is 17.2 Å². The first-order valence-corrected chi connectivity index (χ1v) is 7.94. The van der Waals surface area contributed by atoms with Crippen LogP contribution in [0.4, 0.5) is 5.69 Å². The molecule has 0 fully saturated rings. The fourth-order valence-corrected chi connectivity index (χ4v) is 2.56. The van der Waals surface area contributed by atoms with Gasteiger partial charge < -0.3 is 9.73 Å². The molecule has 23 heavy (non-hydrogen) atoms. The Balaban J connectivity index is 1.83. The highest BCUT2D eigenvalue weighted by atomic mass is 16.3.